The van der Waals surface area contributed by atoms with E-state index < -0.39 is 7.12 Å². The summed E-state index contributed by atoms with van der Waals surface area (Å²) in [5.41, 5.74) is 2.03. The molecule has 1 fully saturated rings. The molecule has 0 atom stereocenters. The Hall–Kier alpha value is -1.13. The summed E-state index contributed by atoms with van der Waals surface area (Å²) in [4.78, 5) is 4.36. The van der Waals surface area contributed by atoms with E-state index in [2.05, 4.69) is 11.6 Å². The average Bonchev–Trinajstić information content (AvgIpc) is 2.48. The van der Waals surface area contributed by atoms with Crippen molar-refractivity contribution >= 4 is 12.6 Å². The van der Waals surface area contributed by atoms with Gasteiger partial charge < -0.3 is 9.31 Å². The standard InChI is InChI=1S/C14H20BNO2/c1-10-7-8-12(16-9-10)11(2)15-17-13(3,4)14(5,6)18-15/h7-9H,2H2,1,3-6H3. The molecule has 0 amide bonds. The summed E-state index contributed by atoms with van der Waals surface area (Å²) < 4.78 is 11.9. The normalized spacial score (nSPS) is 21.1. The van der Waals surface area contributed by atoms with Crippen LogP contribution in [0.1, 0.15) is 39.0 Å². The van der Waals surface area contributed by atoms with Gasteiger partial charge in [-0.1, -0.05) is 12.6 Å². The fraction of sp³-hybridized carbons (Fsp3) is 0.500. The van der Waals surface area contributed by atoms with E-state index in [0.717, 1.165) is 16.7 Å². The van der Waals surface area contributed by atoms with E-state index in [0.29, 0.717) is 0 Å². The van der Waals surface area contributed by atoms with Gasteiger partial charge in [0, 0.05) is 11.7 Å². The van der Waals surface area contributed by atoms with Gasteiger partial charge in [-0.3, -0.25) is 4.98 Å². The lowest BCUT2D eigenvalue weighted by Gasteiger charge is -2.32. The highest BCUT2D eigenvalue weighted by molar-refractivity contribution is 6.68. The lowest BCUT2D eigenvalue weighted by Crippen LogP contribution is -2.41. The van der Waals surface area contributed by atoms with Crippen LogP contribution in [0.4, 0.5) is 0 Å². The summed E-state index contributed by atoms with van der Waals surface area (Å²) in [6.07, 6.45) is 1.83. The Kier molecular flexibility index (Phi) is 3.12. The Balaban J connectivity index is 2.20. The molecule has 1 saturated heterocycles. The van der Waals surface area contributed by atoms with E-state index in [1.165, 1.54) is 0 Å². The number of aryl methyl sites for hydroxylation is 1. The second-order valence-corrected chi connectivity index (χ2v) is 5.83. The molecule has 0 aliphatic carbocycles. The first-order valence-electron chi connectivity index (χ1n) is 6.20. The molecule has 3 nitrogen and oxygen atoms in total. The monoisotopic (exact) mass is 245 g/mol. The van der Waals surface area contributed by atoms with Crippen LogP contribution in [0.2, 0.25) is 0 Å². The number of nitrogens with zero attached hydrogens (tertiary/aromatic N) is 1. The third-order valence-corrected chi connectivity index (χ3v) is 3.78. The van der Waals surface area contributed by atoms with Gasteiger partial charge in [0.15, 0.2) is 0 Å². The molecule has 2 rings (SSSR count). The molecule has 96 valence electrons. The number of pyridine rings is 1. The Bertz CT molecular complexity index is 449. The quantitative estimate of drug-likeness (QED) is 0.750. The third kappa shape index (κ3) is 2.23. The van der Waals surface area contributed by atoms with Crippen molar-refractivity contribution in [2.75, 3.05) is 0 Å². The number of aromatic nitrogens is 1. The van der Waals surface area contributed by atoms with Crippen molar-refractivity contribution in [1.82, 2.24) is 4.98 Å². The van der Waals surface area contributed by atoms with Gasteiger partial charge in [0.05, 0.1) is 16.9 Å². The minimum Gasteiger partial charge on any atom is -0.399 e. The summed E-state index contributed by atoms with van der Waals surface area (Å²) >= 11 is 0. The molecule has 1 aromatic rings. The van der Waals surface area contributed by atoms with Gasteiger partial charge in [0.1, 0.15) is 0 Å². The fourth-order valence-electron chi connectivity index (χ4n) is 1.76. The highest BCUT2D eigenvalue weighted by Gasteiger charge is 2.52. The van der Waals surface area contributed by atoms with Gasteiger partial charge in [0.2, 0.25) is 0 Å². The highest BCUT2D eigenvalue weighted by atomic mass is 16.7. The highest BCUT2D eigenvalue weighted by Crippen LogP contribution is 2.39. The summed E-state index contributed by atoms with van der Waals surface area (Å²) in [7, 11) is -0.426. The zero-order valence-electron chi connectivity index (χ0n) is 11.8. The first-order valence-corrected chi connectivity index (χ1v) is 6.20. The zero-order chi connectivity index (χ0) is 13.6. The van der Waals surface area contributed by atoms with Gasteiger partial charge in [-0.25, -0.2) is 0 Å². The van der Waals surface area contributed by atoms with E-state index >= 15 is 0 Å². The van der Waals surface area contributed by atoms with Crippen molar-refractivity contribution in [1.29, 1.82) is 0 Å². The van der Waals surface area contributed by atoms with E-state index in [1.54, 1.807) is 0 Å². The molecule has 0 unspecified atom stereocenters. The van der Waals surface area contributed by atoms with Crippen molar-refractivity contribution in [3.05, 3.63) is 36.2 Å². The van der Waals surface area contributed by atoms with Crippen molar-refractivity contribution in [2.45, 2.75) is 45.8 Å². The molecule has 2 heterocycles. The topological polar surface area (TPSA) is 31.4 Å². The molecule has 0 radical (unpaired) electrons. The average molecular weight is 245 g/mol. The molecule has 0 spiro atoms. The largest absolute Gasteiger partial charge is 0.496 e. The number of rotatable bonds is 2. The van der Waals surface area contributed by atoms with Crippen molar-refractivity contribution in [3.63, 3.8) is 0 Å². The van der Waals surface area contributed by atoms with Gasteiger partial charge in [-0.15, -0.1) is 0 Å². The van der Waals surface area contributed by atoms with Crippen LogP contribution >= 0.6 is 0 Å². The second kappa shape index (κ2) is 4.21. The first kappa shape index (κ1) is 13.3. The number of hydrogen-bond acceptors (Lipinski definition) is 3. The predicted octanol–water partition coefficient (Wildman–Crippen LogP) is 3.03. The Labute approximate surface area is 109 Å². The molecule has 4 heteroatoms. The molecular weight excluding hydrogens is 225 g/mol. The maximum absolute atomic E-state index is 5.95. The molecule has 1 aliphatic rings. The van der Waals surface area contributed by atoms with E-state index in [1.807, 2.05) is 52.9 Å². The van der Waals surface area contributed by atoms with Gasteiger partial charge in [-0.2, -0.15) is 0 Å². The summed E-state index contributed by atoms with van der Waals surface area (Å²) in [5, 5.41) is 0. The van der Waals surface area contributed by atoms with Crippen molar-refractivity contribution in [3.8, 4) is 0 Å². The van der Waals surface area contributed by atoms with Crippen LogP contribution < -0.4 is 0 Å². The molecule has 1 aromatic heterocycles. The zero-order valence-corrected chi connectivity index (χ0v) is 11.8. The van der Waals surface area contributed by atoms with E-state index in [4.69, 9.17) is 9.31 Å². The van der Waals surface area contributed by atoms with Crippen LogP contribution in [-0.2, 0) is 9.31 Å². The molecule has 18 heavy (non-hydrogen) atoms. The molecule has 0 bridgehead atoms. The second-order valence-electron chi connectivity index (χ2n) is 5.83. The van der Waals surface area contributed by atoms with Crippen molar-refractivity contribution < 1.29 is 9.31 Å². The lowest BCUT2D eigenvalue weighted by molar-refractivity contribution is 0.00578. The van der Waals surface area contributed by atoms with Crippen LogP contribution in [0.3, 0.4) is 0 Å². The number of hydrogen-bond donors (Lipinski definition) is 0. The smallest absolute Gasteiger partial charge is 0.399 e. The molecule has 0 aromatic carbocycles. The van der Waals surface area contributed by atoms with Crippen LogP contribution in [0.5, 0.6) is 0 Å². The molecular formula is C14H20BNO2. The van der Waals surface area contributed by atoms with Gasteiger partial charge >= 0.3 is 7.12 Å². The Morgan fingerprint density at radius 2 is 1.72 bits per heavy atom. The minimum atomic E-state index is -0.426. The molecule has 0 N–H and O–H groups in total. The van der Waals surface area contributed by atoms with Crippen LogP contribution in [0.15, 0.2) is 24.9 Å². The Morgan fingerprint density at radius 3 is 2.17 bits per heavy atom. The summed E-state index contributed by atoms with van der Waals surface area (Å²) in [6.45, 7) is 14.2. The van der Waals surface area contributed by atoms with Gasteiger partial charge in [0.25, 0.3) is 0 Å². The molecule has 1 aliphatic heterocycles. The SMILES string of the molecule is C=C(B1OC(C)(C)C(C)(C)O1)c1ccc(C)cn1. The first-order chi connectivity index (χ1) is 8.23. The van der Waals surface area contributed by atoms with Crippen LogP contribution in [0.25, 0.3) is 5.47 Å². The van der Waals surface area contributed by atoms with Crippen LogP contribution in [0, 0.1) is 6.92 Å². The Morgan fingerprint density at radius 1 is 1.17 bits per heavy atom. The third-order valence-electron chi connectivity index (χ3n) is 3.78. The van der Waals surface area contributed by atoms with Gasteiger partial charge in [-0.05, 0) is 46.2 Å². The maximum atomic E-state index is 5.95. The summed E-state index contributed by atoms with van der Waals surface area (Å²) in [6, 6.07) is 3.96. The maximum Gasteiger partial charge on any atom is 0.496 e. The molecule has 0 saturated carbocycles. The predicted molar refractivity (Wildman–Crippen MR) is 74.1 cm³/mol. The minimum absolute atomic E-state index is 0.342. The van der Waals surface area contributed by atoms with Crippen molar-refractivity contribution in [2.24, 2.45) is 0 Å². The van der Waals surface area contributed by atoms with Crippen LogP contribution in [-0.4, -0.2) is 23.3 Å². The summed E-state index contributed by atoms with van der Waals surface area (Å²) in [5.74, 6) is 0. The lowest BCUT2D eigenvalue weighted by atomic mass is 9.77. The van der Waals surface area contributed by atoms with E-state index in [-0.39, 0.29) is 11.2 Å². The van der Waals surface area contributed by atoms with E-state index in [9.17, 15) is 0 Å². The fourth-order valence-corrected chi connectivity index (χ4v) is 1.76.